The molecule has 5 N–H and O–H groups in total. The Hall–Kier alpha value is -1.49. The lowest BCUT2D eigenvalue weighted by Gasteiger charge is -2.27. The number of hydrogen-bond acceptors (Lipinski definition) is 4. The van der Waals surface area contributed by atoms with Gasteiger partial charge in [-0.15, -0.1) is 0 Å². The van der Waals surface area contributed by atoms with Crippen molar-refractivity contribution < 1.29 is 9.90 Å². The Morgan fingerprint density at radius 1 is 1.75 bits per heavy atom. The minimum Gasteiger partial charge on any atom is -0.478 e. The van der Waals surface area contributed by atoms with Crippen molar-refractivity contribution in [3.05, 3.63) is 23.5 Å². The Balaban J connectivity index is 3.05. The second-order valence-electron chi connectivity index (χ2n) is 2.60. The number of likely N-dealkylation sites (N-methyl/N-ethyl adjacent to an activating group) is 1. The van der Waals surface area contributed by atoms with Crippen LogP contribution in [0.5, 0.6) is 0 Å². The topological polar surface area (TPSA) is 92.6 Å². The smallest absolute Gasteiger partial charge is 0.337 e. The van der Waals surface area contributed by atoms with Gasteiger partial charge in [-0.05, 0) is 6.08 Å². The zero-order chi connectivity index (χ0) is 9.30. The molecule has 1 rings (SSSR count). The van der Waals surface area contributed by atoms with E-state index in [2.05, 4.69) is 0 Å². The van der Waals surface area contributed by atoms with Gasteiger partial charge < -0.3 is 21.5 Å². The third-order valence-corrected chi connectivity index (χ3v) is 1.77. The van der Waals surface area contributed by atoms with Crippen LogP contribution in [0.3, 0.4) is 0 Å². The number of nitrogens with two attached hydrogens (primary N) is 2. The maximum absolute atomic E-state index is 10.6. The molecule has 0 saturated heterocycles. The monoisotopic (exact) mass is 169 g/mol. The lowest BCUT2D eigenvalue weighted by atomic mass is 10.1. The average Bonchev–Trinajstić information content (AvgIpc) is 1.97. The molecular formula is C7H11N3O2. The minimum atomic E-state index is -1.07. The highest BCUT2D eigenvalue weighted by molar-refractivity contribution is 5.89. The van der Waals surface area contributed by atoms with Crippen molar-refractivity contribution in [3.63, 3.8) is 0 Å². The van der Waals surface area contributed by atoms with Crippen LogP contribution in [0.2, 0.25) is 0 Å². The summed E-state index contributed by atoms with van der Waals surface area (Å²) in [6.07, 6.45) is 2.51. The number of aliphatic carboxylic acids is 1. The quantitative estimate of drug-likeness (QED) is 0.469. The van der Waals surface area contributed by atoms with E-state index in [1.165, 1.54) is 6.08 Å². The maximum atomic E-state index is 10.6. The molecule has 12 heavy (non-hydrogen) atoms. The predicted octanol–water partition coefficient (Wildman–Crippen LogP) is -0.972. The standard InChI is InChI=1S/C7H11N3O2/c1-10-3-2-4(8)5(6(10)9)7(11)12/h2-3,6H,8-9H2,1H3,(H,11,12). The van der Waals surface area contributed by atoms with Crippen molar-refractivity contribution in [1.82, 2.24) is 4.90 Å². The second-order valence-corrected chi connectivity index (χ2v) is 2.60. The number of carboxylic acid groups (broad SMARTS) is 1. The first-order chi connectivity index (χ1) is 5.54. The van der Waals surface area contributed by atoms with Crippen molar-refractivity contribution >= 4 is 5.97 Å². The molecule has 0 aromatic carbocycles. The summed E-state index contributed by atoms with van der Waals surface area (Å²) in [5.41, 5.74) is 11.3. The highest BCUT2D eigenvalue weighted by atomic mass is 16.4. The summed E-state index contributed by atoms with van der Waals surface area (Å²) < 4.78 is 0. The molecule has 1 aliphatic heterocycles. The fraction of sp³-hybridized carbons (Fsp3) is 0.286. The van der Waals surface area contributed by atoms with E-state index < -0.39 is 12.1 Å². The van der Waals surface area contributed by atoms with E-state index in [4.69, 9.17) is 16.6 Å². The summed E-state index contributed by atoms with van der Waals surface area (Å²) in [6.45, 7) is 0. The largest absolute Gasteiger partial charge is 0.478 e. The minimum absolute atomic E-state index is 0.0417. The molecule has 66 valence electrons. The Labute approximate surface area is 69.9 Å². The molecule has 1 aliphatic rings. The molecule has 0 amide bonds. The van der Waals surface area contributed by atoms with Gasteiger partial charge in [0.15, 0.2) is 0 Å². The van der Waals surface area contributed by atoms with E-state index in [1.807, 2.05) is 0 Å². The van der Waals surface area contributed by atoms with Gasteiger partial charge in [0, 0.05) is 18.9 Å². The molecule has 0 fully saturated rings. The summed E-state index contributed by atoms with van der Waals surface area (Å²) in [4.78, 5) is 12.2. The molecule has 5 heteroatoms. The van der Waals surface area contributed by atoms with Crippen LogP contribution in [0, 0.1) is 0 Å². The maximum Gasteiger partial charge on any atom is 0.337 e. The van der Waals surface area contributed by atoms with E-state index >= 15 is 0 Å². The number of nitrogens with zero attached hydrogens (tertiary/aromatic N) is 1. The third-order valence-electron chi connectivity index (χ3n) is 1.77. The lowest BCUT2D eigenvalue weighted by Crippen LogP contribution is -2.43. The Morgan fingerprint density at radius 2 is 2.33 bits per heavy atom. The Bertz CT molecular complexity index is 270. The molecule has 0 bridgehead atoms. The molecule has 0 aromatic rings. The number of allylic oxidation sites excluding steroid dienone is 1. The highest BCUT2D eigenvalue weighted by Crippen LogP contribution is 2.13. The number of hydrogen-bond donors (Lipinski definition) is 3. The Kier molecular flexibility index (Phi) is 2.05. The molecule has 1 heterocycles. The van der Waals surface area contributed by atoms with Crippen LogP contribution in [-0.4, -0.2) is 29.2 Å². The van der Waals surface area contributed by atoms with E-state index in [9.17, 15) is 4.79 Å². The van der Waals surface area contributed by atoms with Gasteiger partial charge >= 0.3 is 5.97 Å². The van der Waals surface area contributed by atoms with Gasteiger partial charge in [-0.25, -0.2) is 4.79 Å². The number of rotatable bonds is 1. The molecular weight excluding hydrogens is 158 g/mol. The van der Waals surface area contributed by atoms with Crippen molar-refractivity contribution in [2.75, 3.05) is 7.05 Å². The summed E-state index contributed by atoms with van der Waals surface area (Å²) in [5.74, 6) is -1.07. The first kappa shape index (κ1) is 8.61. The van der Waals surface area contributed by atoms with E-state index in [0.717, 1.165) is 0 Å². The summed E-state index contributed by atoms with van der Waals surface area (Å²) in [7, 11) is 1.69. The van der Waals surface area contributed by atoms with Crippen LogP contribution in [0.15, 0.2) is 23.5 Å². The van der Waals surface area contributed by atoms with Crippen molar-refractivity contribution in [1.29, 1.82) is 0 Å². The fourth-order valence-electron chi connectivity index (χ4n) is 1.00. The van der Waals surface area contributed by atoms with E-state index in [1.54, 1.807) is 18.1 Å². The normalized spacial score (nSPS) is 23.2. The van der Waals surface area contributed by atoms with Crippen LogP contribution in [-0.2, 0) is 4.79 Å². The summed E-state index contributed by atoms with van der Waals surface area (Å²) >= 11 is 0. The number of carboxylic acids is 1. The SMILES string of the molecule is CN1C=CC(N)=C(C(=O)O)C1N. The van der Waals surface area contributed by atoms with Crippen LogP contribution in [0.4, 0.5) is 0 Å². The highest BCUT2D eigenvalue weighted by Gasteiger charge is 2.24. The van der Waals surface area contributed by atoms with Gasteiger partial charge in [-0.1, -0.05) is 0 Å². The van der Waals surface area contributed by atoms with E-state index in [-0.39, 0.29) is 11.3 Å². The van der Waals surface area contributed by atoms with Crippen LogP contribution in [0.25, 0.3) is 0 Å². The molecule has 0 spiro atoms. The lowest BCUT2D eigenvalue weighted by molar-refractivity contribution is -0.133. The van der Waals surface area contributed by atoms with Gasteiger partial charge in [0.25, 0.3) is 0 Å². The van der Waals surface area contributed by atoms with Crippen LogP contribution in [0.1, 0.15) is 0 Å². The molecule has 5 nitrogen and oxygen atoms in total. The molecule has 0 saturated carbocycles. The third kappa shape index (κ3) is 1.26. The Morgan fingerprint density at radius 3 is 2.75 bits per heavy atom. The molecule has 1 unspecified atom stereocenters. The first-order valence-corrected chi connectivity index (χ1v) is 3.42. The van der Waals surface area contributed by atoms with Gasteiger partial charge in [-0.2, -0.15) is 0 Å². The first-order valence-electron chi connectivity index (χ1n) is 3.42. The zero-order valence-corrected chi connectivity index (χ0v) is 6.69. The van der Waals surface area contributed by atoms with E-state index in [0.29, 0.717) is 0 Å². The predicted molar refractivity (Wildman–Crippen MR) is 43.7 cm³/mol. The van der Waals surface area contributed by atoms with Crippen LogP contribution >= 0.6 is 0 Å². The van der Waals surface area contributed by atoms with Gasteiger partial charge in [0.1, 0.15) is 6.17 Å². The number of carbonyl (C=O) groups is 1. The molecule has 0 radical (unpaired) electrons. The van der Waals surface area contributed by atoms with Crippen molar-refractivity contribution in [2.45, 2.75) is 6.17 Å². The fourth-order valence-corrected chi connectivity index (χ4v) is 1.00. The van der Waals surface area contributed by atoms with Crippen LogP contribution < -0.4 is 11.5 Å². The molecule has 0 aliphatic carbocycles. The van der Waals surface area contributed by atoms with Gasteiger partial charge in [-0.3, -0.25) is 0 Å². The van der Waals surface area contributed by atoms with Gasteiger partial charge in [0.2, 0.25) is 0 Å². The molecule has 1 atom stereocenters. The zero-order valence-electron chi connectivity index (χ0n) is 6.69. The summed E-state index contributed by atoms with van der Waals surface area (Å²) in [6, 6.07) is 0. The molecule has 0 aromatic heterocycles. The second kappa shape index (κ2) is 2.86. The van der Waals surface area contributed by atoms with Crippen molar-refractivity contribution in [2.24, 2.45) is 11.5 Å². The summed E-state index contributed by atoms with van der Waals surface area (Å²) in [5, 5.41) is 8.72. The van der Waals surface area contributed by atoms with Crippen molar-refractivity contribution in [3.8, 4) is 0 Å². The van der Waals surface area contributed by atoms with Gasteiger partial charge in [0.05, 0.1) is 5.57 Å². The average molecular weight is 169 g/mol.